The Morgan fingerprint density at radius 2 is 1.62 bits per heavy atom. The second-order valence-corrected chi connectivity index (χ2v) is 9.14. The Balaban J connectivity index is 1.64. The molecule has 8 heteroatoms. The quantitative estimate of drug-likeness (QED) is 0.283. The van der Waals surface area contributed by atoms with Crippen LogP contribution in [0.4, 0.5) is 21.0 Å². The van der Waals surface area contributed by atoms with E-state index in [1.807, 2.05) is 61.5 Å². The Bertz CT molecular complexity index is 1350. The molecule has 0 radical (unpaired) electrons. The number of rotatable bonds is 9. The number of ether oxygens (including phenoxy) is 1. The van der Waals surface area contributed by atoms with Crippen molar-refractivity contribution >= 4 is 35.1 Å². The SMILES string of the molecule is CCCN1C(=O)NC(c2ccc(NC(=O)Nc3cccc(CC)c3)cc2)C(C(=O)OCC)=C1c1ccccc1. The molecule has 39 heavy (non-hydrogen) atoms. The van der Waals surface area contributed by atoms with Gasteiger partial charge in [0.05, 0.1) is 23.9 Å². The van der Waals surface area contributed by atoms with Crippen molar-refractivity contribution in [2.75, 3.05) is 23.8 Å². The number of benzene rings is 3. The molecule has 1 heterocycles. The van der Waals surface area contributed by atoms with Gasteiger partial charge in [0.25, 0.3) is 0 Å². The van der Waals surface area contributed by atoms with Crippen LogP contribution in [0.3, 0.4) is 0 Å². The van der Waals surface area contributed by atoms with E-state index in [-0.39, 0.29) is 18.7 Å². The van der Waals surface area contributed by atoms with E-state index >= 15 is 0 Å². The molecule has 4 rings (SSSR count). The van der Waals surface area contributed by atoms with Crippen LogP contribution in [0, 0.1) is 0 Å². The minimum absolute atomic E-state index is 0.206. The average Bonchev–Trinajstić information content (AvgIpc) is 2.95. The van der Waals surface area contributed by atoms with Gasteiger partial charge in [0, 0.05) is 17.9 Å². The van der Waals surface area contributed by atoms with Crippen LogP contribution in [-0.2, 0) is 16.0 Å². The van der Waals surface area contributed by atoms with Crippen LogP contribution >= 0.6 is 0 Å². The third-order valence-corrected chi connectivity index (χ3v) is 6.41. The summed E-state index contributed by atoms with van der Waals surface area (Å²) in [5, 5.41) is 8.66. The molecule has 202 valence electrons. The van der Waals surface area contributed by atoms with E-state index in [4.69, 9.17) is 4.74 Å². The molecule has 1 aliphatic rings. The van der Waals surface area contributed by atoms with Crippen molar-refractivity contribution in [1.29, 1.82) is 0 Å². The summed E-state index contributed by atoms with van der Waals surface area (Å²) in [7, 11) is 0. The Labute approximate surface area is 229 Å². The monoisotopic (exact) mass is 526 g/mol. The number of esters is 1. The van der Waals surface area contributed by atoms with Crippen LogP contribution in [0.1, 0.15) is 49.9 Å². The first kappa shape index (κ1) is 27.4. The minimum Gasteiger partial charge on any atom is -0.463 e. The van der Waals surface area contributed by atoms with Crippen LogP contribution < -0.4 is 16.0 Å². The third kappa shape index (κ3) is 6.46. The van der Waals surface area contributed by atoms with Crippen molar-refractivity contribution in [3.05, 3.63) is 101 Å². The Kier molecular flexibility index (Phi) is 8.99. The molecule has 4 amide bonds. The number of nitrogens with zero attached hydrogens (tertiary/aromatic N) is 1. The molecule has 0 saturated carbocycles. The number of carbonyl (C=O) groups is 3. The maximum atomic E-state index is 13.3. The molecule has 3 N–H and O–H groups in total. The number of hydrogen-bond donors (Lipinski definition) is 3. The van der Waals surface area contributed by atoms with Crippen LogP contribution in [0.25, 0.3) is 5.70 Å². The van der Waals surface area contributed by atoms with Crippen molar-refractivity contribution in [2.24, 2.45) is 0 Å². The first-order valence-electron chi connectivity index (χ1n) is 13.3. The van der Waals surface area contributed by atoms with Crippen molar-refractivity contribution in [2.45, 2.75) is 39.7 Å². The highest BCUT2D eigenvalue weighted by atomic mass is 16.5. The van der Waals surface area contributed by atoms with Gasteiger partial charge in [-0.25, -0.2) is 14.4 Å². The number of anilines is 2. The molecule has 1 unspecified atom stereocenters. The molecule has 0 bridgehead atoms. The standard InChI is InChI=1S/C31H34N4O4/c1-4-19-35-28(23-12-8-7-9-13-23)26(29(36)39-6-3)27(34-31(35)38)22-15-17-24(18-16-22)32-30(37)33-25-14-10-11-21(5-2)20-25/h7-18,20,27H,4-6,19H2,1-3H3,(H,34,38)(H2,32,33,37). The van der Waals surface area contributed by atoms with Gasteiger partial charge in [-0.15, -0.1) is 0 Å². The summed E-state index contributed by atoms with van der Waals surface area (Å²) >= 11 is 0. The van der Waals surface area contributed by atoms with Gasteiger partial charge in [0.15, 0.2) is 0 Å². The summed E-state index contributed by atoms with van der Waals surface area (Å²) in [5.74, 6) is -0.488. The molecule has 0 fully saturated rings. The first-order chi connectivity index (χ1) is 18.9. The lowest BCUT2D eigenvalue weighted by Crippen LogP contribution is -2.48. The van der Waals surface area contributed by atoms with Gasteiger partial charge in [-0.05, 0) is 60.7 Å². The molecule has 0 spiro atoms. The van der Waals surface area contributed by atoms with Crippen LogP contribution in [-0.4, -0.2) is 36.1 Å². The molecule has 3 aromatic carbocycles. The van der Waals surface area contributed by atoms with Crippen LogP contribution in [0.5, 0.6) is 0 Å². The van der Waals surface area contributed by atoms with Crippen molar-refractivity contribution in [1.82, 2.24) is 10.2 Å². The van der Waals surface area contributed by atoms with Gasteiger partial charge in [0.2, 0.25) is 0 Å². The van der Waals surface area contributed by atoms with E-state index < -0.39 is 12.0 Å². The van der Waals surface area contributed by atoms with Crippen molar-refractivity contribution < 1.29 is 19.1 Å². The zero-order valence-corrected chi connectivity index (χ0v) is 22.5. The molecule has 0 aliphatic carbocycles. The van der Waals surface area contributed by atoms with Crippen molar-refractivity contribution in [3.63, 3.8) is 0 Å². The normalized spacial score (nSPS) is 15.0. The maximum Gasteiger partial charge on any atom is 0.338 e. The van der Waals surface area contributed by atoms with E-state index in [0.717, 1.165) is 24.0 Å². The fourth-order valence-corrected chi connectivity index (χ4v) is 4.60. The third-order valence-electron chi connectivity index (χ3n) is 6.41. The number of nitrogens with one attached hydrogen (secondary N) is 3. The molecule has 0 saturated heterocycles. The highest BCUT2D eigenvalue weighted by molar-refractivity contribution is 6.05. The van der Waals surface area contributed by atoms with E-state index in [2.05, 4.69) is 22.9 Å². The minimum atomic E-state index is -0.723. The van der Waals surface area contributed by atoms with Gasteiger partial charge in [-0.1, -0.05) is 68.4 Å². The summed E-state index contributed by atoms with van der Waals surface area (Å²) in [6.45, 7) is 6.45. The zero-order chi connectivity index (χ0) is 27.8. The van der Waals surface area contributed by atoms with Crippen LogP contribution in [0.15, 0.2) is 84.4 Å². The van der Waals surface area contributed by atoms with E-state index in [1.165, 1.54) is 0 Å². The predicted octanol–water partition coefficient (Wildman–Crippen LogP) is 6.34. The number of carbonyl (C=O) groups excluding carboxylic acids is 3. The number of urea groups is 2. The molecule has 3 aromatic rings. The van der Waals surface area contributed by atoms with Gasteiger partial charge in [-0.3, -0.25) is 4.90 Å². The Morgan fingerprint density at radius 1 is 0.897 bits per heavy atom. The van der Waals surface area contributed by atoms with Gasteiger partial charge >= 0.3 is 18.0 Å². The molecule has 0 aromatic heterocycles. The van der Waals surface area contributed by atoms with Crippen molar-refractivity contribution in [3.8, 4) is 0 Å². The molecule has 1 atom stereocenters. The summed E-state index contributed by atoms with van der Waals surface area (Å²) < 4.78 is 5.46. The lowest BCUT2D eigenvalue weighted by atomic mass is 9.91. The molecular formula is C31H34N4O4. The topological polar surface area (TPSA) is 99.8 Å². The smallest absolute Gasteiger partial charge is 0.338 e. The Morgan fingerprint density at radius 3 is 2.28 bits per heavy atom. The molecule has 1 aliphatic heterocycles. The zero-order valence-electron chi connectivity index (χ0n) is 22.5. The highest BCUT2D eigenvalue weighted by Crippen LogP contribution is 2.37. The first-order valence-corrected chi connectivity index (χ1v) is 13.3. The fraction of sp³-hybridized carbons (Fsp3) is 0.258. The molecule has 8 nitrogen and oxygen atoms in total. The lowest BCUT2D eigenvalue weighted by molar-refractivity contribution is -0.138. The largest absolute Gasteiger partial charge is 0.463 e. The van der Waals surface area contributed by atoms with E-state index in [0.29, 0.717) is 34.8 Å². The second-order valence-electron chi connectivity index (χ2n) is 9.14. The Hall–Kier alpha value is -4.59. The van der Waals surface area contributed by atoms with Gasteiger partial charge in [-0.2, -0.15) is 0 Å². The summed E-state index contributed by atoms with van der Waals surface area (Å²) in [5.41, 5.74) is 4.77. The highest BCUT2D eigenvalue weighted by Gasteiger charge is 2.38. The predicted molar refractivity (Wildman–Crippen MR) is 153 cm³/mol. The molecular weight excluding hydrogens is 492 g/mol. The summed E-state index contributed by atoms with van der Waals surface area (Å²) in [6, 6.07) is 22.8. The van der Waals surface area contributed by atoms with Gasteiger partial charge in [0.1, 0.15) is 0 Å². The maximum absolute atomic E-state index is 13.3. The van der Waals surface area contributed by atoms with Gasteiger partial charge < -0.3 is 20.7 Å². The lowest BCUT2D eigenvalue weighted by Gasteiger charge is -2.36. The van der Waals surface area contributed by atoms with Crippen LogP contribution in [0.2, 0.25) is 0 Å². The number of aryl methyl sites for hydroxylation is 1. The summed E-state index contributed by atoms with van der Waals surface area (Å²) in [6.07, 6.45) is 1.59. The van der Waals surface area contributed by atoms with E-state index in [9.17, 15) is 14.4 Å². The number of amides is 4. The fourth-order valence-electron chi connectivity index (χ4n) is 4.60. The van der Waals surface area contributed by atoms with E-state index in [1.54, 1.807) is 36.1 Å². The average molecular weight is 527 g/mol. The second kappa shape index (κ2) is 12.8. The number of hydrogen-bond acceptors (Lipinski definition) is 4. The summed E-state index contributed by atoms with van der Waals surface area (Å²) in [4.78, 5) is 40.8.